The third-order valence-electron chi connectivity index (χ3n) is 2.74. The molecule has 0 fully saturated rings. The molecule has 0 unspecified atom stereocenters. The number of rotatable bonds is 6. The Kier molecular flexibility index (Phi) is 4.41. The number of H-pyrrole nitrogens is 1. The summed E-state index contributed by atoms with van der Waals surface area (Å²) in [6.45, 7) is 4.37. The number of aromatic nitrogens is 2. The Hall–Kier alpha value is -1.86. The van der Waals surface area contributed by atoms with E-state index in [1.54, 1.807) is 24.5 Å². The van der Waals surface area contributed by atoms with Gasteiger partial charge in [-0.15, -0.1) is 0 Å². The molecule has 0 radical (unpaired) electrons. The predicted molar refractivity (Wildman–Crippen MR) is 75.0 cm³/mol. The van der Waals surface area contributed by atoms with Crippen molar-refractivity contribution >= 4 is 10.0 Å². The van der Waals surface area contributed by atoms with Crippen LogP contribution in [0, 0.1) is 6.92 Å². The van der Waals surface area contributed by atoms with E-state index >= 15 is 0 Å². The van der Waals surface area contributed by atoms with E-state index < -0.39 is 10.0 Å². The lowest BCUT2D eigenvalue weighted by Gasteiger charge is -2.10. The van der Waals surface area contributed by atoms with Gasteiger partial charge in [0.05, 0.1) is 18.0 Å². The molecule has 1 heterocycles. The molecule has 108 valence electrons. The highest BCUT2D eigenvalue weighted by Crippen LogP contribution is 2.21. The van der Waals surface area contributed by atoms with Gasteiger partial charge in [0.25, 0.3) is 0 Å². The van der Waals surface area contributed by atoms with Crippen LogP contribution in [0.2, 0.25) is 0 Å². The molecule has 20 heavy (non-hydrogen) atoms. The summed E-state index contributed by atoms with van der Waals surface area (Å²) in [6, 6.07) is 4.79. The monoisotopic (exact) mass is 295 g/mol. The van der Waals surface area contributed by atoms with E-state index in [1.165, 1.54) is 6.07 Å². The predicted octanol–water partition coefficient (Wildman–Crippen LogP) is 1.60. The number of ether oxygens (including phenoxy) is 1. The number of aryl methyl sites for hydroxylation is 1. The summed E-state index contributed by atoms with van der Waals surface area (Å²) in [5.41, 5.74) is 0.785. The molecule has 1 aromatic heterocycles. The third kappa shape index (κ3) is 3.37. The lowest BCUT2D eigenvalue weighted by atomic mass is 10.2. The normalized spacial score (nSPS) is 11.5. The smallest absolute Gasteiger partial charge is 0.240 e. The molecule has 2 N–H and O–H groups in total. The van der Waals surface area contributed by atoms with Crippen LogP contribution in [0.5, 0.6) is 5.75 Å². The molecule has 0 amide bonds. The first-order valence-electron chi connectivity index (χ1n) is 6.24. The fourth-order valence-corrected chi connectivity index (χ4v) is 2.82. The van der Waals surface area contributed by atoms with Crippen molar-refractivity contribution in [3.8, 4) is 5.75 Å². The molecule has 2 rings (SSSR count). The maximum Gasteiger partial charge on any atom is 0.240 e. The number of hydrogen-bond donors (Lipinski definition) is 2. The van der Waals surface area contributed by atoms with Gasteiger partial charge in [0.1, 0.15) is 11.6 Å². The number of aromatic amines is 1. The zero-order chi connectivity index (χ0) is 14.6. The van der Waals surface area contributed by atoms with Crippen LogP contribution >= 0.6 is 0 Å². The lowest BCUT2D eigenvalue weighted by Crippen LogP contribution is -2.23. The Labute approximate surface area is 118 Å². The van der Waals surface area contributed by atoms with Crippen molar-refractivity contribution in [2.75, 3.05) is 6.61 Å². The zero-order valence-electron chi connectivity index (χ0n) is 11.4. The van der Waals surface area contributed by atoms with E-state index in [0.717, 1.165) is 5.56 Å². The minimum absolute atomic E-state index is 0.127. The van der Waals surface area contributed by atoms with Crippen molar-refractivity contribution in [3.63, 3.8) is 0 Å². The van der Waals surface area contributed by atoms with Crippen LogP contribution in [0.25, 0.3) is 0 Å². The molecular weight excluding hydrogens is 278 g/mol. The highest BCUT2D eigenvalue weighted by Gasteiger charge is 2.15. The summed E-state index contributed by atoms with van der Waals surface area (Å²) in [7, 11) is -3.56. The fraction of sp³-hybridized carbons (Fsp3) is 0.308. The Morgan fingerprint density at radius 2 is 2.20 bits per heavy atom. The Morgan fingerprint density at radius 1 is 1.40 bits per heavy atom. The van der Waals surface area contributed by atoms with Crippen molar-refractivity contribution < 1.29 is 13.2 Å². The second-order valence-corrected chi connectivity index (χ2v) is 5.99. The summed E-state index contributed by atoms with van der Waals surface area (Å²) < 4.78 is 32.2. The largest absolute Gasteiger partial charge is 0.494 e. The fourth-order valence-electron chi connectivity index (χ4n) is 1.75. The SMILES string of the molecule is CCOc1ccc(S(=O)(=O)NCc2ncc[nH]2)cc1C. The molecule has 0 aliphatic rings. The number of sulfonamides is 1. The Balaban J connectivity index is 2.14. The van der Waals surface area contributed by atoms with E-state index in [-0.39, 0.29) is 11.4 Å². The van der Waals surface area contributed by atoms with Gasteiger partial charge in [0.15, 0.2) is 0 Å². The van der Waals surface area contributed by atoms with Crippen molar-refractivity contribution in [1.29, 1.82) is 0 Å². The van der Waals surface area contributed by atoms with Gasteiger partial charge in [0.2, 0.25) is 10.0 Å². The number of nitrogens with zero attached hydrogens (tertiary/aromatic N) is 1. The van der Waals surface area contributed by atoms with Gasteiger partial charge >= 0.3 is 0 Å². The molecular formula is C13H17N3O3S. The topological polar surface area (TPSA) is 84.1 Å². The first-order chi connectivity index (χ1) is 9.53. The van der Waals surface area contributed by atoms with Crippen LogP contribution in [0.4, 0.5) is 0 Å². The molecule has 0 aliphatic carbocycles. The van der Waals surface area contributed by atoms with E-state index in [4.69, 9.17) is 4.74 Å². The van der Waals surface area contributed by atoms with Gasteiger partial charge < -0.3 is 9.72 Å². The second kappa shape index (κ2) is 6.06. The third-order valence-corrected chi connectivity index (χ3v) is 4.14. The van der Waals surface area contributed by atoms with Gasteiger partial charge in [-0.25, -0.2) is 18.1 Å². The van der Waals surface area contributed by atoms with E-state index in [1.807, 2.05) is 13.8 Å². The summed E-state index contributed by atoms with van der Waals surface area (Å²) in [4.78, 5) is 7.02. The van der Waals surface area contributed by atoms with Crippen LogP contribution in [-0.2, 0) is 16.6 Å². The first-order valence-corrected chi connectivity index (χ1v) is 7.72. The average Bonchev–Trinajstić information content (AvgIpc) is 2.92. The Bertz CT molecular complexity index is 666. The molecule has 0 atom stereocenters. The van der Waals surface area contributed by atoms with Gasteiger partial charge in [-0.1, -0.05) is 0 Å². The molecule has 0 spiro atoms. The molecule has 1 aromatic carbocycles. The first kappa shape index (κ1) is 14.5. The van der Waals surface area contributed by atoms with E-state index in [9.17, 15) is 8.42 Å². The quantitative estimate of drug-likeness (QED) is 0.847. The van der Waals surface area contributed by atoms with Gasteiger partial charge in [-0.2, -0.15) is 0 Å². The van der Waals surface area contributed by atoms with Crippen molar-refractivity contribution in [1.82, 2.24) is 14.7 Å². The van der Waals surface area contributed by atoms with Gasteiger partial charge in [-0.3, -0.25) is 0 Å². The van der Waals surface area contributed by atoms with Crippen molar-refractivity contribution in [2.24, 2.45) is 0 Å². The van der Waals surface area contributed by atoms with Crippen LogP contribution in [0.15, 0.2) is 35.5 Å². The average molecular weight is 295 g/mol. The molecule has 2 aromatic rings. The molecule has 0 bridgehead atoms. The van der Waals surface area contributed by atoms with E-state index in [0.29, 0.717) is 18.2 Å². The van der Waals surface area contributed by atoms with Crippen LogP contribution < -0.4 is 9.46 Å². The maximum absolute atomic E-state index is 12.2. The summed E-state index contributed by atoms with van der Waals surface area (Å²) in [5.74, 6) is 1.26. The summed E-state index contributed by atoms with van der Waals surface area (Å²) >= 11 is 0. The standard InChI is InChI=1S/C13H17N3O3S/c1-3-19-12-5-4-11(8-10(12)2)20(17,18)16-9-13-14-6-7-15-13/h4-8,16H,3,9H2,1-2H3,(H,14,15). The minimum atomic E-state index is -3.56. The van der Waals surface area contributed by atoms with Crippen LogP contribution in [0.1, 0.15) is 18.3 Å². The summed E-state index contributed by atoms with van der Waals surface area (Å²) in [6.07, 6.45) is 3.22. The van der Waals surface area contributed by atoms with Gasteiger partial charge in [0, 0.05) is 12.4 Å². The number of nitrogens with one attached hydrogen (secondary N) is 2. The van der Waals surface area contributed by atoms with Crippen LogP contribution in [-0.4, -0.2) is 25.0 Å². The molecule has 0 aliphatic heterocycles. The highest BCUT2D eigenvalue weighted by atomic mass is 32.2. The van der Waals surface area contributed by atoms with Crippen molar-refractivity contribution in [3.05, 3.63) is 42.0 Å². The lowest BCUT2D eigenvalue weighted by molar-refractivity contribution is 0.337. The molecule has 0 saturated carbocycles. The number of benzene rings is 1. The van der Waals surface area contributed by atoms with E-state index in [2.05, 4.69) is 14.7 Å². The highest BCUT2D eigenvalue weighted by molar-refractivity contribution is 7.89. The molecule has 7 heteroatoms. The van der Waals surface area contributed by atoms with Crippen molar-refractivity contribution in [2.45, 2.75) is 25.3 Å². The van der Waals surface area contributed by atoms with Crippen LogP contribution in [0.3, 0.4) is 0 Å². The zero-order valence-corrected chi connectivity index (χ0v) is 12.2. The summed E-state index contributed by atoms with van der Waals surface area (Å²) in [5, 5.41) is 0. The maximum atomic E-state index is 12.2. The number of imidazole rings is 1. The second-order valence-electron chi connectivity index (χ2n) is 4.22. The van der Waals surface area contributed by atoms with Gasteiger partial charge in [-0.05, 0) is 37.6 Å². The Morgan fingerprint density at radius 3 is 2.80 bits per heavy atom. The minimum Gasteiger partial charge on any atom is -0.494 e. The molecule has 6 nitrogen and oxygen atoms in total. The molecule has 0 saturated heterocycles. The number of hydrogen-bond acceptors (Lipinski definition) is 4.